The van der Waals surface area contributed by atoms with Gasteiger partial charge in [-0.1, -0.05) is 0 Å². The highest BCUT2D eigenvalue weighted by Gasteiger charge is 2.06. The van der Waals surface area contributed by atoms with Crippen LogP contribution in [0.1, 0.15) is 16.0 Å². The van der Waals surface area contributed by atoms with Gasteiger partial charge in [0.1, 0.15) is 5.82 Å². The maximum absolute atomic E-state index is 5.77. The third-order valence-electron chi connectivity index (χ3n) is 2.20. The first-order chi connectivity index (χ1) is 7.16. The standard InChI is InChI=1S/C10H10N3S2/c1-6-2-3-15-8(6)4-7-5-12-10(14)13-9(7)11/h2-3,5H,4H2,1H3,(H2,11,12,13). The van der Waals surface area contributed by atoms with E-state index in [-0.39, 0.29) is 0 Å². The van der Waals surface area contributed by atoms with Gasteiger partial charge in [0, 0.05) is 23.1 Å². The Morgan fingerprint density at radius 3 is 2.93 bits per heavy atom. The van der Waals surface area contributed by atoms with Crippen molar-refractivity contribution in [3.63, 3.8) is 0 Å². The molecule has 0 saturated carbocycles. The molecule has 1 radical (unpaired) electrons. The van der Waals surface area contributed by atoms with E-state index in [0.717, 1.165) is 12.0 Å². The number of nitrogens with two attached hydrogens (primary N) is 1. The van der Waals surface area contributed by atoms with Crippen molar-refractivity contribution in [1.82, 2.24) is 9.97 Å². The molecule has 0 unspecified atom stereocenters. The Bertz CT molecular complexity index is 479. The molecule has 2 aromatic rings. The average molecular weight is 236 g/mol. The van der Waals surface area contributed by atoms with Gasteiger partial charge in [-0.05, 0) is 36.6 Å². The van der Waals surface area contributed by atoms with Crippen molar-refractivity contribution in [1.29, 1.82) is 0 Å². The smallest absolute Gasteiger partial charge is 0.221 e. The zero-order valence-electron chi connectivity index (χ0n) is 8.23. The summed E-state index contributed by atoms with van der Waals surface area (Å²) < 4.78 is 0. The molecule has 0 saturated heterocycles. The normalized spacial score (nSPS) is 10.5. The van der Waals surface area contributed by atoms with Crippen LogP contribution in [-0.4, -0.2) is 9.97 Å². The molecule has 15 heavy (non-hydrogen) atoms. The Morgan fingerprint density at radius 2 is 2.33 bits per heavy atom. The molecule has 0 aliphatic carbocycles. The minimum absolute atomic E-state index is 0.305. The van der Waals surface area contributed by atoms with Crippen LogP contribution in [0, 0.1) is 6.92 Å². The van der Waals surface area contributed by atoms with Crippen molar-refractivity contribution in [2.24, 2.45) is 0 Å². The molecule has 2 rings (SSSR count). The number of thiophene rings is 1. The zero-order chi connectivity index (χ0) is 10.8. The quantitative estimate of drug-likeness (QED) is 0.815. The van der Waals surface area contributed by atoms with Crippen LogP contribution in [0.2, 0.25) is 0 Å². The molecule has 0 amide bonds. The predicted molar refractivity (Wildman–Crippen MR) is 64.2 cm³/mol. The molecule has 0 bridgehead atoms. The van der Waals surface area contributed by atoms with Gasteiger partial charge < -0.3 is 5.73 Å². The van der Waals surface area contributed by atoms with Gasteiger partial charge in [-0.15, -0.1) is 11.3 Å². The molecule has 0 atom stereocenters. The number of nitrogen functional groups attached to an aromatic ring is 1. The van der Waals surface area contributed by atoms with E-state index in [2.05, 4.69) is 28.3 Å². The van der Waals surface area contributed by atoms with Crippen LogP contribution in [0.3, 0.4) is 0 Å². The molecule has 0 aliphatic heterocycles. The molecule has 0 spiro atoms. The van der Waals surface area contributed by atoms with Crippen LogP contribution < -0.4 is 5.73 Å². The molecule has 2 aromatic heterocycles. The number of aromatic nitrogens is 2. The minimum Gasteiger partial charge on any atom is -0.383 e. The second-order valence-corrected chi connectivity index (χ2v) is 4.63. The Labute approximate surface area is 97.8 Å². The lowest BCUT2D eigenvalue weighted by molar-refractivity contribution is 0.952. The summed E-state index contributed by atoms with van der Waals surface area (Å²) in [7, 11) is 0. The van der Waals surface area contributed by atoms with Gasteiger partial charge >= 0.3 is 0 Å². The van der Waals surface area contributed by atoms with Gasteiger partial charge in [0.15, 0.2) is 0 Å². The average Bonchev–Trinajstić information content (AvgIpc) is 2.57. The van der Waals surface area contributed by atoms with E-state index in [1.165, 1.54) is 10.4 Å². The van der Waals surface area contributed by atoms with E-state index in [9.17, 15) is 0 Å². The predicted octanol–water partition coefficient (Wildman–Crippen LogP) is 2.58. The van der Waals surface area contributed by atoms with Gasteiger partial charge in [0.05, 0.1) is 0 Å². The molecule has 77 valence electrons. The maximum Gasteiger partial charge on any atom is 0.221 e. The lowest BCUT2D eigenvalue weighted by atomic mass is 10.1. The summed E-state index contributed by atoms with van der Waals surface area (Å²) in [6, 6.07) is 2.10. The zero-order valence-corrected chi connectivity index (χ0v) is 9.86. The fourth-order valence-electron chi connectivity index (χ4n) is 1.30. The number of nitrogens with zero attached hydrogens (tertiary/aromatic N) is 2. The fourth-order valence-corrected chi connectivity index (χ4v) is 2.38. The van der Waals surface area contributed by atoms with Crippen molar-refractivity contribution in [3.8, 4) is 0 Å². The summed E-state index contributed by atoms with van der Waals surface area (Å²) in [5.74, 6) is 0.489. The van der Waals surface area contributed by atoms with Gasteiger partial charge in [-0.3, -0.25) is 0 Å². The number of aryl methyl sites for hydroxylation is 1. The van der Waals surface area contributed by atoms with Gasteiger partial charge in [-0.25, -0.2) is 9.97 Å². The van der Waals surface area contributed by atoms with E-state index in [1.807, 2.05) is 0 Å². The van der Waals surface area contributed by atoms with Crippen molar-refractivity contribution in [2.75, 3.05) is 5.73 Å². The van der Waals surface area contributed by atoms with Crippen LogP contribution in [-0.2, 0) is 6.42 Å². The number of hydrogen-bond acceptors (Lipinski definition) is 4. The monoisotopic (exact) mass is 236 g/mol. The summed E-state index contributed by atoms with van der Waals surface area (Å²) in [6.45, 7) is 2.09. The van der Waals surface area contributed by atoms with E-state index in [1.54, 1.807) is 17.5 Å². The Hall–Kier alpha value is -1.20. The Morgan fingerprint density at radius 1 is 1.53 bits per heavy atom. The van der Waals surface area contributed by atoms with Crippen molar-refractivity contribution < 1.29 is 0 Å². The molecule has 2 heterocycles. The fraction of sp³-hybridized carbons (Fsp3) is 0.200. The second-order valence-electron chi connectivity index (χ2n) is 3.27. The molecule has 5 heteroatoms. The lowest BCUT2D eigenvalue weighted by Gasteiger charge is -2.03. The largest absolute Gasteiger partial charge is 0.383 e. The SMILES string of the molecule is Cc1ccsc1Cc1cnc([S])nc1N. The van der Waals surface area contributed by atoms with Gasteiger partial charge in [0.25, 0.3) is 0 Å². The van der Waals surface area contributed by atoms with Crippen molar-refractivity contribution in [3.05, 3.63) is 33.6 Å². The van der Waals surface area contributed by atoms with E-state index in [4.69, 9.17) is 18.4 Å². The summed E-state index contributed by atoms with van der Waals surface area (Å²) in [4.78, 5) is 9.24. The summed E-state index contributed by atoms with van der Waals surface area (Å²) >= 11 is 6.55. The first-order valence-corrected chi connectivity index (χ1v) is 5.77. The van der Waals surface area contributed by atoms with Crippen LogP contribution in [0.25, 0.3) is 0 Å². The van der Waals surface area contributed by atoms with Crippen LogP contribution in [0.5, 0.6) is 0 Å². The highest BCUT2D eigenvalue weighted by Crippen LogP contribution is 2.21. The van der Waals surface area contributed by atoms with E-state index >= 15 is 0 Å². The number of hydrogen-bond donors (Lipinski definition) is 1. The van der Waals surface area contributed by atoms with Crippen molar-refractivity contribution in [2.45, 2.75) is 18.5 Å². The van der Waals surface area contributed by atoms with Crippen LogP contribution in [0.15, 0.2) is 22.8 Å². The number of anilines is 1. The molecule has 0 aliphatic rings. The molecule has 3 nitrogen and oxygen atoms in total. The first-order valence-electron chi connectivity index (χ1n) is 4.48. The van der Waals surface area contributed by atoms with Crippen molar-refractivity contribution >= 4 is 29.8 Å². The summed E-state index contributed by atoms with van der Waals surface area (Å²) in [6.07, 6.45) is 2.49. The molecule has 0 aromatic carbocycles. The molecule has 2 N–H and O–H groups in total. The Kier molecular flexibility index (Phi) is 2.83. The van der Waals surface area contributed by atoms with Gasteiger partial charge in [0.2, 0.25) is 5.16 Å². The maximum atomic E-state index is 5.77. The topological polar surface area (TPSA) is 51.8 Å². The first kappa shape index (κ1) is 10.3. The third-order valence-corrected chi connectivity index (χ3v) is 3.41. The minimum atomic E-state index is 0.305. The van der Waals surface area contributed by atoms with Crippen LogP contribution in [0.4, 0.5) is 5.82 Å². The molecule has 0 fully saturated rings. The highest BCUT2D eigenvalue weighted by molar-refractivity contribution is 7.80. The number of rotatable bonds is 2. The molecular weight excluding hydrogens is 226 g/mol. The molecular formula is C10H10N3S2. The van der Waals surface area contributed by atoms with Gasteiger partial charge in [-0.2, -0.15) is 0 Å². The van der Waals surface area contributed by atoms with Crippen LogP contribution >= 0.6 is 24.0 Å². The van der Waals surface area contributed by atoms with E-state index < -0.39 is 0 Å². The Balaban J connectivity index is 2.29. The third kappa shape index (κ3) is 2.24. The summed E-state index contributed by atoms with van der Waals surface area (Å²) in [5.41, 5.74) is 7.99. The van der Waals surface area contributed by atoms with E-state index in [0.29, 0.717) is 11.0 Å². The second kappa shape index (κ2) is 4.12. The summed E-state index contributed by atoms with van der Waals surface area (Å²) in [5, 5.41) is 2.38. The highest BCUT2D eigenvalue weighted by atomic mass is 32.1. The lowest BCUT2D eigenvalue weighted by Crippen LogP contribution is -2.00.